The minimum absolute atomic E-state index is 0.109. The molecular formula is C16H24ClN3O. The molecule has 5 heteroatoms. The maximum absolute atomic E-state index is 12.5. The molecule has 0 bridgehead atoms. The van der Waals surface area contributed by atoms with Crippen LogP contribution in [-0.2, 0) is 0 Å². The summed E-state index contributed by atoms with van der Waals surface area (Å²) in [6, 6.07) is 4.17. The van der Waals surface area contributed by atoms with Gasteiger partial charge in [0.15, 0.2) is 0 Å². The van der Waals surface area contributed by atoms with Gasteiger partial charge in [0.1, 0.15) is 5.15 Å². The third-order valence-electron chi connectivity index (χ3n) is 4.09. The highest BCUT2D eigenvalue weighted by molar-refractivity contribution is 6.29. The average Bonchev–Trinajstić information content (AvgIpc) is 2.42. The van der Waals surface area contributed by atoms with Crippen molar-refractivity contribution in [1.82, 2.24) is 15.4 Å². The number of pyridine rings is 1. The summed E-state index contributed by atoms with van der Waals surface area (Å²) < 4.78 is 0. The Kier molecular flexibility index (Phi) is 5.22. The molecule has 1 amide bonds. The summed E-state index contributed by atoms with van der Waals surface area (Å²) in [7, 11) is 0. The number of hydrogen-bond donors (Lipinski definition) is 1. The molecule has 1 aromatic rings. The van der Waals surface area contributed by atoms with E-state index in [2.05, 4.69) is 29.3 Å². The molecule has 0 aromatic carbocycles. The molecular weight excluding hydrogens is 286 g/mol. The van der Waals surface area contributed by atoms with E-state index in [1.54, 1.807) is 6.07 Å². The van der Waals surface area contributed by atoms with Crippen LogP contribution in [0.15, 0.2) is 12.1 Å². The summed E-state index contributed by atoms with van der Waals surface area (Å²) >= 11 is 6.03. The fourth-order valence-electron chi connectivity index (χ4n) is 2.77. The molecule has 2 atom stereocenters. The standard InChI is InChI=1S/C16H24ClN3O/c1-10(2)14-8-13(9-15(17)18-14)16(21)19-20-11(3)6-5-7-12(20)4/h8-12H,5-7H2,1-4H3,(H,19,21). The summed E-state index contributed by atoms with van der Waals surface area (Å²) in [6.45, 7) is 8.37. The lowest BCUT2D eigenvalue weighted by Gasteiger charge is -2.38. The second-order valence-electron chi connectivity index (χ2n) is 6.24. The molecule has 1 saturated heterocycles. The second kappa shape index (κ2) is 6.75. The maximum Gasteiger partial charge on any atom is 0.265 e. The third kappa shape index (κ3) is 3.95. The zero-order valence-corrected chi connectivity index (χ0v) is 13.9. The van der Waals surface area contributed by atoms with Gasteiger partial charge in [-0.3, -0.25) is 10.2 Å². The Hall–Kier alpha value is -1.13. The van der Waals surface area contributed by atoms with Crippen molar-refractivity contribution >= 4 is 17.5 Å². The predicted octanol–water partition coefficient (Wildman–Crippen LogP) is 3.77. The van der Waals surface area contributed by atoms with Gasteiger partial charge in [0, 0.05) is 23.3 Å². The number of amides is 1. The molecule has 2 heterocycles. The predicted molar refractivity (Wildman–Crippen MR) is 85.4 cm³/mol. The number of hydrogen-bond acceptors (Lipinski definition) is 3. The van der Waals surface area contributed by atoms with E-state index < -0.39 is 0 Å². The van der Waals surface area contributed by atoms with Gasteiger partial charge >= 0.3 is 0 Å². The smallest absolute Gasteiger partial charge is 0.265 e. The molecule has 4 nitrogen and oxygen atoms in total. The van der Waals surface area contributed by atoms with E-state index in [1.165, 1.54) is 6.42 Å². The van der Waals surface area contributed by atoms with E-state index in [0.29, 0.717) is 22.8 Å². The highest BCUT2D eigenvalue weighted by Crippen LogP contribution is 2.22. The first-order chi connectivity index (χ1) is 9.88. The number of piperidine rings is 1. The van der Waals surface area contributed by atoms with E-state index in [4.69, 9.17) is 11.6 Å². The van der Waals surface area contributed by atoms with Gasteiger partial charge in [-0.2, -0.15) is 0 Å². The van der Waals surface area contributed by atoms with Crippen LogP contribution < -0.4 is 5.43 Å². The van der Waals surface area contributed by atoms with Gasteiger partial charge in [0.25, 0.3) is 5.91 Å². The van der Waals surface area contributed by atoms with E-state index in [1.807, 2.05) is 19.9 Å². The van der Waals surface area contributed by atoms with Crippen LogP contribution in [-0.4, -0.2) is 28.0 Å². The molecule has 1 N–H and O–H groups in total. The Bertz CT molecular complexity index is 508. The van der Waals surface area contributed by atoms with Crippen LogP contribution >= 0.6 is 11.6 Å². The number of halogens is 1. The van der Waals surface area contributed by atoms with Gasteiger partial charge in [-0.1, -0.05) is 31.9 Å². The quantitative estimate of drug-likeness (QED) is 0.865. The zero-order chi connectivity index (χ0) is 15.6. The van der Waals surface area contributed by atoms with Crippen molar-refractivity contribution in [3.05, 3.63) is 28.5 Å². The summed E-state index contributed by atoms with van der Waals surface area (Å²) in [5.41, 5.74) is 4.45. The summed E-state index contributed by atoms with van der Waals surface area (Å²) in [4.78, 5) is 16.8. The first-order valence-corrected chi connectivity index (χ1v) is 8.03. The number of carbonyl (C=O) groups excluding carboxylic acids is 1. The lowest BCUT2D eigenvalue weighted by molar-refractivity contribution is 0.0369. The fourth-order valence-corrected chi connectivity index (χ4v) is 2.98. The topological polar surface area (TPSA) is 45.2 Å². The summed E-state index contributed by atoms with van der Waals surface area (Å²) in [6.07, 6.45) is 3.44. The minimum Gasteiger partial charge on any atom is -0.284 e. The molecule has 0 aliphatic carbocycles. The normalized spacial score (nSPS) is 23.3. The van der Waals surface area contributed by atoms with E-state index in [0.717, 1.165) is 18.5 Å². The van der Waals surface area contributed by atoms with Gasteiger partial charge in [-0.25, -0.2) is 9.99 Å². The van der Waals surface area contributed by atoms with Crippen LogP contribution in [0, 0.1) is 0 Å². The molecule has 2 rings (SSSR count). The van der Waals surface area contributed by atoms with E-state index in [-0.39, 0.29) is 11.8 Å². The lowest BCUT2D eigenvalue weighted by atomic mass is 10.00. The van der Waals surface area contributed by atoms with Crippen molar-refractivity contribution in [2.75, 3.05) is 0 Å². The van der Waals surface area contributed by atoms with Crippen molar-refractivity contribution < 1.29 is 4.79 Å². The Balaban J connectivity index is 2.16. The number of aromatic nitrogens is 1. The molecule has 21 heavy (non-hydrogen) atoms. The molecule has 1 aromatic heterocycles. The Morgan fingerprint density at radius 2 is 1.95 bits per heavy atom. The molecule has 0 spiro atoms. The van der Waals surface area contributed by atoms with Gasteiger partial charge in [-0.15, -0.1) is 0 Å². The van der Waals surface area contributed by atoms with Crippen LogP contribution in [0.5, 0.6) is 0 Å². The summed E-state index contributed by atoms with van der Waals surface area (Å²) in [5.74, 6) is 0.130. The fraction of sp³-hybridized carbons (Fsp3) is 0.625. The van der Waals surface area contributed by atoms with Crippen molar-refractivity contribution in [3.63, 3.8) is 0 Å². The first-order valence-electron chi connectivity index (χ1n) is 7.65. The van der Waals surface area contributed by atoms with Crippen molar-refractivity contribution in [2.45, 2.75) is 65.0 Å². The molecule has 1 fully saturated rings. The lowest BCUT2D eigenvalue weighted by Crippen LogP contribution is -2.54. The van der Waals surface area contributed by atoms with Crippen LogP contribution in [0.3, 0.4) is 0 Å². The largest absolute Gasteiger partial charge is 0.284 e. The Labute approximate surface area is 131 Å². The number of nitrogens with zero attached hydrogens (tertiary/aromatic N) is 2. The van der Waals surface area contributed by atoms with E-state index >= 15 is 0 Å². The second-order valence-corrected chi connectivity index (χ2v) is 6.62. The molecule has 0 radical (unpaired) electrons. The van der Waals surface area contributed by atoms with Crippen LogP contribution in [0.25, 0.3) is 0 Å². The number of carbonyl (C=O) groups is 1. The van der Waals surface area contributed by atoms with Crippen molar-refractivity contribution in [2.24, 2.45) is 0 Å². The Morgan fingerprint density at radius 1 is 1.33 bits per heavy atom. The molecule has 116 valence electrons. The summed E-state index contributed by atoms with van der Waals surface area (Å²) in [5, 5.41) is 2.43. The molecule has 0 saturated carbocycles. The maximum atomic E-state index is 12.5. The highest BCUT2D eigenvalue weighted by Gasteiger charge is 2.26. The van der Waals surface area contributed by atoms with Crippen molar-refractivity contribution in [1.29, 1.82) is 0 Å². The van der Waals surface area contributed by atoms with Gasteiger partial charge in [0.05, 0.1) is 0 Å². The molecule has 1 aliphatic heterocycles. The van der Waals surface area contributed by atoms with Gasteiger partial charge < -0.3 is 0 Å². The Morgan fingerprint density at radius 3 is 2.52 bits per heavy atom. The monoisotopic (exact) mass is 309 g/mol. The van der Waals surface area contributed by atoms with E-state index in [9.17, 15) is 4.79 Å². The number of hydrazine groups is 1. The third-order valence-corrected chi connectivity index (χ3v) is 4.29. The average molecular weight is 310 g/mol. The minimum atomic E-state index is -0.109. The zero-order valence-electron chi connectivity index (χ0n) is 13.2. The van der Waals surface area contributed by atoms with Gasteiger partial charge in [0.2, 0.25) is 0 Å². The molecule has 1 aliphatic rings. The number of rotatable bonds is 3. The SMILES string of the molecule is CC(C)c1cc(C(=O)NN2C(C)CCCC2C)cc(Cl)n1. The molecule has 2 unspecified atom stereocenters. The highest BCUT2D eigenvalue weighted by atomic mass is 35.5. The number of nitrogens with one attached hydrogen (secondary N) is 1. The van der Waals surface area contributed by atoms with Crippen LogP contribution in [0.1, 0.15) is 68.9 Å². The van der Waals surface area contributed by atoms with Crippen LogP contribution in [0.2, 0.25) is 5.15 Å². The van der Waals surface area contributed by atoms with Gasteiger partial charge in [-0.05, 0) is 44.7 Å². The van der Waals surface area contributed by atoms with Crippen LogP contribution in [0.4, 0.5) is 0 Å². The van der Waals surface area contributed by atoms with Crippen molar-refractivity contribution in [3.8, 4) is 0 Å². The first kappa shape index (κ1) is 16.2.